The minimum Gasteiger partial charge on any atom is -0.313 e. The second-order valence-electron chi connectivity index (χ2n) is 6.12. The molecule has 1 atom stereocenters. The highest BCUT2D eigenvalue weighted by molar-refractivity contribution is 4.81. The van der Waals surface area contributed by atoms with Gasteiger partial charge in [-0.05, 0) is 45.8 Å². The maximum Gasteiger partial charge on any atom is 0.0223 e. The van der Waals surface area contributed by atoms with Crippen molar-refractivity contribution in [1.82, 2.24) is 15.1 Å². The summed E-state index contributed by atoms with van der Waals surface area (Å²) in [4.78, 5) is 5.15. The van der Waals surface area contributed by atoms with Crippen molar-refractivity contribution in [3.05, 3.63) is 0 Å². The van der Waals surface area contributed by atoms with Crippen LogP contribution in [0, 0.1) is 0 Å². The lowest BCUT2D eigenvalue weighted by Gasteiger charge is -2.28. The molecule has 0 spiro atoms. The van der Waals surface area contributed by atoms with E-state index < -0.39 is 0 Å². The van der Waals surface area contributed by atoms with E-state index in [4.69, 9.17) is 0 Å². The Hall–Kier alpha value is -0.120. The van der Waals surface area contributed by atoms with Gasteiger partial charge in [0.1, 0.15) is 0 Å². The van der Waals surface area contributed by atoms with Crippen molar-refractivity contribution in [2.24, 2.45) is 0 Å². The molecule has 2 rings (SSSR count). The Labute approximate surface area is 113 Å². The van der Waals surface area contributed by atoms with Crippen molar-refractivity contribution in [3.63, 3.8) is 0 Å². The van der Waals surface area contributed by atoms with Gasteiger partial charge in [-0.1, -0.05) is 19.8 Å². The fourth-order valence-corrected chi connectivity index (χ4v) is 3.56. The number of likely N-dealkylation sites (tertiary alicyclic amines) is 1. The molecule has 1 N–H and O–H groups in total. The molecule has 0 aromatic heterocycles. The van der Waals surface area contributed by atoms with E-state index >= 15 is 0 Å². The maximum absolute atomic E-state index is 3.71. The van der Waals surface area contributed by atoms with Gasteiger partial charge in [-0.25, -0.2) is 0 Å². The molecule has 1 aliphatic carbocycles. The zero-order valence-corrected chi connectivity index (χ0v) is 12.3. The SMILES string of the molecule is CCN1CCCC1CN(C)CCNC1CCCC1. The quantitative estimate of drug-likeness (QED) is 0.748. The predicted molar refractivity (Wildman–Crippen MR) is 78.0 cm³/mol. The number of rotatable bonds is 7. The van der Waals surface area contributed by atoms with Crippen LogP contribution in [0.5, 0.6) is 0 Å². The van der Waals surface area contributed by atoms with Gasteiger partial charge in [0.2, 0.25) is 0 Å². The Kier molecular flexibility index (Phi) is 5.93. The average molecular weight is 253 g/mol. The predicted octanol–water partition coefficient (Wildman–Crippen LogP) is 1.93. The molecule has 0 radical (unpaired) electrons. The second-order valence-corrected chi connectivity index (χ2v) is 6.12. The summed E-state index contributed by atoms with van der Waals surface area (Å²) in [6.45, 7) is 8.44. The Morgan fingerprint density at radius 1 is 1.17 bits per heavy atom. The monoisotopic (exact) mass is 253 g/mol. The smallest absolute Gasteiger partial charge is 0.0223 e. The fraction of sp³-hybridized carbons (Fsp3) is 1.00. The first-order chi connectivity index (χ1) is 8.79. The van der Waals surface area contributed by atoms with Crippen LogP contribution in [0.15, 0.2) is 0 Å². The van der Waals surface area contributed by atoms with Crippen LogP contribution in [-0.4, -0.2) is 61.7 Å². The van der Waals surface area contributed by atoms with Crippen LogP contribution in [0.4, 0.5) is 0 Å². The molecule has 106 valence electrons. The lowest BCUT2D eigenvalue weighted by atomic mass is 10.2. The molecule has 0 amide bonds. The third-order valence-corrected chi connectivity index (χ3v) is 4.71. The van der Waals surface area contributed by atoms with Gasteiger partial charge in [-0.2, -0.15) is 0 Å². The Bertz CT molecular complexity index is 226. The molecule has 3 nitrogen and oxygen atoms in total. The molecule has 1 heterocycles. The van der Waals surface area contributed by atoms with Crippen LogP contribution >= 0.6 is 0 Å². The third kappa shape index (κ3) is 4.22. The minimum atomic E-state index is 0.812. The third-order valence-electron chi connectivity index (χ3n) is 4.71. The van der Waals surface area contributed by atoms with Gasteiger partial charge in [-0.15, -0.1) is 0 Å². The number of nitrogens with zero attached hydrogens (tertiary/aromatic N) is 2. The lowest BCUT2D eigenvalue weighted by molar-refractivity contribution is 0.198. The first-order valence-corrected chi connectivity index (χ1v) is 7.95. The molecule has 2 fully saturated rings. The fourth-order valence-electron chi connectivity index (χ4n) is 3.56. The van der Waals surface area contributed by atoms with Gasteiger partial charge in [-0.3, -0.25) is 4.90 Å². The van der Waals surface area contributed by atoms with Crippen LogP contribution in [0.2, 0.25) is 0 Å². The van der Waals surface area contributed by atoms with Gasteiger partial charge in [0, 0.05) is 31.7 Å². The van der Waals surface area contributed by atoms with E-state index in [1.165, 1.54) is 71.2 Å². The summed E-state index contributed by atoms with van der Waals surface area (Å²) >= 11 is 0. The summed E-state index contributed by atoms with van der Waals surface area (Å²) in [7, 11) is 2.28. The maximum atomic E-state index is 3.71. The summed E-state index contributed by atoms with van der Waals surface area (Å²) in [5.74, 6) is 0. The minimum absolute atomic E-state index is 0.812. The molecule has 3 heteroatoms. The first kappa shape index (κ1) is 14.3. The molecule has 1 saturated carbocycles. The van der Waals surface area contributed by atoms with Crippen molar-refractivity contribution in [2.45, 2.75) is 57.5 Å². The highest BCUT2D eigenvalue weighted by atomic mass is 15.2. The number of hydrogen-bond donors (Lipinski definition) is 1. The molecular weight excluding hydrogens is 222 g/mol. The highest BCUT2D eigenvalue weighted by Crippen LogP contribution is 2.18. The zero-order chi connectivity index (χ0) is 12.8. The van der Waals surface area contributed by atoms with Crippen molar-refractivity contribution in [3.8, 4) is 0 Å². The van der Waals surface area contributed by atoms with E-state index in [-0.39, 0.29) is 0 Å². The molecule has 1 unspecified atom stereocenters. The summed E-state index contributed by atoms with van der Waals surface area (Å²) in [6, 6.07) is 1.63. The molecular formula is C15H31N3. The summed E-state index contributed by atoms with van der Waals surface area (Å²) in [5, 5.41) is 3.71. The molecule has 0 aromatic rings. The van der Waals surface area contributed by atoms with Crippen molar-refractivity contribution in [2.75, 3.05) is 39.8 Å². The molecule has 0 aromatic carbocycles. The molecule has 0 bridgehead atoms. The average Bonchev–Trinajstić information content (AvgIpc) is 3.00. The Morgan fingerprint density at radius 3 is 2.67 bits per heavy atom. The molecule has 1 aliphatic heterocycles. The number of likely N-dealkylation sites (N-methyl/N-ethyl adjacent to an activating group) is 2. The van der Waals surface area contributed by atoms with Gasteiger partial charge in [0.25, 0.3) is 0 Å². The Morgan fingerprint density at radius 2 is 1.94 bits per heavy atom. The largest absolute Gasteiger partial charge is 0.313 e. The van der Waals surface area contributed by atoms with Crippen LogP contribution in [0.3, 0.4) is 0 Å². The summed E-state index contributed by atoms with van der Waals surface area (Å²) < 4.78 is 0. The zero-order valence-electron chi connectivity index (χ0n) is 12.3. The molecule has 18 heavy (non-hydrogen) atoms. The van der Waals surface area contributed by atoms with E-state index in [2.05, 4.69) is 29.1 Å². The number of nitrogens with one attached hydrogen (secondary N) is 1. The summed E-state index contributed by atoms with van der Waals surface area (Å²) in [5.41, 5.74) is 0. The normalized spacial score (nSPS) is 26.5. The summed E-state index contributed by atoms with van der Waals surface area (Å²) in [6.07, 6.45) is 8.45. The van der Waals surface area contributed by atoms with Crippen LogP contribution < -0.4 is 5.32 Å². The van der Waals surface area contributed by atoms with Gasteiger partial charge in [0.15, 0.2) is 0 Å². The van der Waals surface area contributed by atoms with Gasteiger partial charge in [0.05, 0.1) is 0 Å². The standard InChI is InChI=1S/C15H31N3/c1-3-18-11-6-9-15(18)13-17(2)12-10-16-14-7-4-5-8-14/h14-16H,3-13H2,1-2H3. The van der Waals surface area contributed by atoms with Crippen LogP contribution in [-0.2, 0) is 0 Å². The topological polar surface area (TPSA) is 18.5 Å². The highest BCUT2D eigenvalue weighted by Gasteiger charge is 2.23. The van der Waals surface area contributed by atoms with E-state index in [1.54, 1.807) is 0 Å². The molecule has 1 saturated heterocycles. The van der Waals surface area contributed by atoms with E-state index in [0.717, 1.165) is 12.1 Å². The van der Waals surface area contributed by atoms with Gasteiger partial charge >= 0.3 is 0 Å². The second kappa shape index (κ2) is 7.46. The first-order valence-electron chi connectivity index (χ1n) is 7.95. The van der Waals surface area contributed by atoms with Crippen LogP contribution in [0.25, 0.3) is 0 Å². The Balaban J connectivity index is 1.57. The van der Waals surface area contributed by atoms with E-state index in [0.29, 0.717) is 0 Å². The molecule has 2 aliphatic rings. The van der Waals surface area contributed by atoms with Crippen molar-refractivity contribution in [1.29, 1.82) is 0 Å². The van der Waals surface area contributed by atoms with E-state index in [9.17, 15) is 0 Å². The van der Waals surface area contributed by atoms with E-state index in [1.807, 2.05) is 0 Å². The van der Waals surface area contributed by atoms with Crippen molar-refractivity contribution >= 4 is 0 Å². The van der Waals surface area contributed by atoms with Crippen molar-refractivity contribution < 1.29 is 0 Å². The lowest BCUT2D eigenvalue weighted by Crippen LogP contribution is -2.41. The van der Waals surface area contributed by atoms with Crippen LogP contribution in [0.1, 0.15) is 45.4 Å². The number of hydrogen-bond acceptors (Lipinski definition) is 3. The van der Waals surface area contributed by atoms with Gasteiger partial charge < -0.3 is 10.2 Å².